The zero-order chi connectivity index (χ0) is 13.3. The highest BCUT2D eigenvalue weighted by atomic mass is 19.3. The van der Waals surface area contributed by atoms with Crippen LogP contribution >= 0.6 is 0 Å². The van der Waals surface area contributed by atoms with E-state index in [1.807, 2.05) is 6.07 Å². The van der Waals surface area contributed by atoms with E-state index in [1.165, 1.54) is 24.3 Å². The highest BCUT2D eigenvalue weighted by Crippen LogP contribution is 2.24. The van der Waals surface area contributed by atoms with Crippen LogP contribution in [0.25, 0.3) is 5.69 Å². The van der Waals surface area contributed by atoms with Gasteiger partial charge in [-0.1, -0.05) is 0 Å². The van der Waals surface area contributed by atoms with Crippen LogP contribution in [0, 0.1) is 11.3 Å². The molecule has 2 rings (SSSR count). The Hall–Kier alpha value is -2.42. The van der Waals surface area contributed by atoms with Crippen molar-refractivity contribution in [3.8, 4) is 11.8 Å². The molecule has 4 nitrogen and oxygen atoms in total. The molecule has 18 heavy (non-hydrogen) atoms. The van der Waals surface area contributed by atoms with Crippen molar-refractivity contribution in [3.05, 3.63) is 51.9 Å². The molecule has 1 aromatic carbocycles. The Morgan fingerprint density at radius 2 is 1.94 bits per heavy atom. The molecule has 0 atom stereocenters. The van der Waals surface area contributed by atoms with Gasteiger partial charge in [0, 0.05) is 13.0 Å². The van der Waals surface area contributed by atoms with Crippen LogP contribution in [0.4, 0.5) is 8.78 Å². The minimum Gasteiger partial charge on any atom is -0.289 e. The zero-order valence-corrected chi connectivity index (χ0v) is 9.45. The maximum Gasteiger partial charge on any atom is 0.286 e. The molecular weight excluding hydrogens is 240 g/mol. The van der Waals surface area contributed by atoms with Crippen LogP contribution in [0.15, 0.2) is 35.1 Å². The summed E-state index contributed by atoms with van der Waals surface area (Å²) in [6, 6.07) is 8.82. The van der Waals surface area contributed by atoms with Gasteiger partial charge in [-0.3, -0.25) is 9.89 Å². The molecule has 0 unspecified atom stereocenters. The van der Waals surface area contributed by atoms with Gasteiger partial charge in [-0.05, 0) is 24.3 Å². The summed E-state index contributed by atoms with van der Waals surface area (Å²) in [6.07, 6.45) is 0. The van der Waals surface area contributed by atoms with E-state index >= 15 is 0 Å². The predicted octanol–water partition coefficient (Wildman–Crippen LogP) is 2.15. The van der Waals surface area contributed by atoms with Gasteiger partial charge in [0.15, 0.2) is 0 Å². The molecule has 0 saturated carbocycles. The lowest BCUT2D eigenvalue weighted by Crippen LogP contribution is -2.13. The van der Waals surface area contributed by atoms with E-state index in [1.54, 1.807) is 0 Å². The summed E-state index contributed by atoms with van der Waals surface area (Å²) in [4.78, 5) is 11.6. The second-order valence-electron chi connectivity index (χ2n) is 3.89. The summed E-state index contributed by atoms with van der Waals surface area (Å²) >= 11 is 0. The molecule has 92 valence electrons. The normalized spacial score (nSPS) is 11.2. The summed E-state index contributed by atoms with van der Waals surface area (Å²) in [5, 5.41) is 11.0. The van der Waals surface area contributed by atoms with Gasteiger partial charge < -0.3 is 0 Å². The standard InChI is InChI=1S/C12H9F2N3O/c1-12(13,14)10-6-11(18)17(16-10)9-4-2-8(7-15)3-5-9/h2-6,16H,1H3. The third-order valence-corrected chi connectivity index (χ3v) is 2.45. The van der Waals surface area contributed by atoms with Crippen molar-refractivity contribution in [2.24, 2.45) is 0 Å². The van der Waals surface area contributed by atoms with Gasteiger partial charge in [-0.2, -0.15) is 14.0 Å². The Balaban J connectivity index is 2.48. The van der Waals surface area contributed by atoms with Crippen LogP contribution in [0.1, 0.15) is 18.2 Å². The van der Waals surface area contributed by atoms with Crippen molar-refractivity contribution < 1.29 is 8.78 Å². The van der Waals surface area contributed by atoms with E-state index in [2.05, 4.69) is 5.10 Å². The molecule has 0 aliphatic heterocycles. The highest BCUT2D eigenvalue weighted by Gasteiger charge is 2.27. The molecule has 2 aromatic rings. The number of aromatic amines is 1. The monoisotopic (exact) mass is 249 g/mol. The number of nitrogens with zero attached hydrogens (tertiary/aromatic N) is 2. The number of benzene rings is 1. The quantitative estimate of drug-likeness (QED) is 0.886. The SMILES string of the molecule is CC(F)(F)c1cc(=O)n(-c2ccc(C#N)cc2)[nH]1. The van der Waals surface area contributed by atoms with Crippen LogP contribution in [0.3, 0.4) is 0 Å². The Labute approximate surface area is 101 Å². The van der Waals surface area contributed by atoms with Gasteiger partial charge in [0.2, 0.25) is 0 Å². The second kappa shape index (κ2) is 4.11. The smallest absolute Gasteiger partial charge is 0.286 e. The van der Waals surface area contributed by atoms with E-state index < -0.39 is 17.2 Å². The summed E-state index contributed by atoms with van der Waals surface area (Å²) in [7, 11) is 0. The average molecular weight is 249 g/mol. The van der Waals surface area contributed by atoms with Gasteiger partial charge in [0.1, 0.15) is 5.69 Å². The molecule has 0 aliphatic carbocycles. The van der Waals surface area contributed by atoms with E-state index in [9.17, 15) is 13.6 Å². The molecule has 0 aliphatic rings. The van der Waals surface area contributed by atoms with E-state index in [-0.39, 0.29) is 0 Å². The van der Waals surface area contributed by atoms with Crippen molar-refractivity contribution in [1.82, 2.24) is 9.78 Å². The van der Waals surface area contributed by atoms with Gasteiger partial charge in [0.05, 0.1) is 17.3 Å². The number of nitrogens with one attached hydrogen (secondary N) is 1. The molecule has 1 heterocycles. The molecular formula is C12H9F2N3O. The molecule has 1 aromatic heterocycles. The van der Waals surface area contributed by atoms with Gasteiger partial charge in [-0.15, -0.1) is 0 Å². The highest BCUT2D eigenvalue weighted by molar-refractivity contribution is 5.39. The lowest BCUT2D eigenvalue weighted by atomic mass is 10.2. The zero-order valence-electron chi connectivity index (χ0n) is 9.45. The first-order valence-corrected chi connectivity index (χ1v) is 5.13. The number of H-pyrrole nitrogens is 1. The Bertz CT molecular complexity index is 656. The summed E-state index contributed by atoms with van der Waals surface area (Å²) in [6.45, 7) is 0.710. The van der Waals surface area contributed by atoms with Crippen LogP contribution in [-0.4, -0.2) is 9.78 Å². The predicted molar refractivity (Wildman–Crippen MR) is 60.7 cm³/mol. The number of nitriles is 1. The third kappa shape index (κ3) is 2.15. The summed E-state index contributed by atoms with van der Waals surface area (Å²) in [5.41, 5.74) is -0.193. The minimum atomic E-state index is -3.10. The van der Waals surface area contributed by atoms with Crippen molar-refractivity contribution >= 4 is 0 Å². The minimum absolute atomic E-state index is 0.398. The number of hydrogen-bond donors (Lipinski definition) is 1. The summed E-state index contributed by atoms with van der Waals surface area (Å²) in [5.74, 6) is -3.10. The number of alkyl halides is 2. The maximum absolute atomic E-state index is 13.1. The molecule has 6 heteroatoms. The Morgan fingerprint density at radius 1 is 1.33 bits per heavy atom. The van der Waals surface area contributed by atoms with Crippen molar-refractivity contribution in [3.63, 3.8) is 0 Å². The third-order valence-electron chi connectivity index (χ3n) is 2.45. The molecule has 0 bridgehead atoms. The van der Waals surface area contributed by atoms with Crippen molar-refractivity contribution in [1.29, 1.82) is 5.26 Å². The lowest BCUT2D eigenvalue weighted by Gasteiger charge is -2.07. The second-order valence-corrected chi connectivity index (χ2v) is 3.89. The van der Waals surface area contributed by atoms with Crippen LogP contribution < -0.4 is 5.56 Å². The van der Waals surface area contributed by atoms with Gasteiger partial charge in [-0.25, -0.2) is 4.68 Å². The number of halogens is 2. The van der Waals surface area contributed by atoms with Gasteiger partial charge in [0.25, 0.3) is 11.5 Å². The first-order valence-electron chi connectivity index (χ1n) is 5.13. The summed E-state index contributed by atoms with van der Waals surface area (Å²) < 4.78 is 27.1. The fraction of sp³-hybridized carbons (Fsp3) is 0.167. The van der Waals surface area contributed by atoms with Crippen LogP contribution in [-0.2, 0) is 5.92 Å². The van der Waals surface area contributed by atoms with E-state index in [0.29, 0.717) is 18.2 Å². The number of rotatable bonds is 2. The molecule has 1 N–H and O–H groups in total. The first-order chi connectivity index (χ1) is 8.41. The number of aromatic nitrogens is 2. The molecule has 0 amide bonds. The fourth-order valence-corrected chi connectivity index (χ4v) is 1.50. The maximum atomic E-state index is 13.1. The molecule has 0 fully saturated rings. The molecule has 0 radical (unpaired) electrons. The van der Waals surface area contributed by atoms with E-state index in [0.717, 1.165) is 10.7 Å². The Morgan fingerprint density at radius 3 is 2.39 bits per heavy atom. The number of hydrogen-bond acceptors (Lipinski definition) is 2. The van der Waals surface area contributed by atoms with Crippen molar-refractivity contribution in [2.75, 3.05) is 0 Å². The Kier molecular flexibility index (Phi) is 2.75. The lowest BCUT2D eigenvalue weighted by molar-refractivity contribution is 0.0124. The van der Waals surface area contributed by atoms with Crippen molar-refractivity contribution in [2.45, 2.75) is 12.8 Å². The van der Waals surface area contributed by atoms with E-state index in [4.69, 9.17) is 5.26 Å². The topological polar surface area (TPSA) is 61.6 Å². The molecule has 0 spiro atoms. The molecule has 0 saturated heterocycles. The van der Waals surface area contributed by atoms with Crippen LogP contribution in [0.5, 0.6) is 0 Å². The fourth-order valence-electron chi connectivity index (χ4n) is 1.50. The largest absolute Gasteiger partial charge is 0.289 e. The first kappa shape index (κ1) is 12.0. The average Bonchev–Trinajstić information content (AvgIpc) is 2.71. The van der Waals surface area contributed by atoms with Crippen LogP contribution in [0.2, 0.25) is 0 Å². The van der Waals surface area contributed by atoms with Gasteiger partial charge >= 0.3 is 0 Å².